The number of halogens is 1. The van der Waals surface area contributed by atoms with E-state index in [0.29, 0.717) is 23.8 Å². The monoisotopic (exact) mass is 426 g/mol. The molecule has 7 nitrogen and oxygen atoms in total. The SMILES string of the molecule is CCOc1cccc(NC(=O)[C@H](C)N(c2ccc(OC)c(Cl)c2)S(C)(=O)=O)c1. The number of anilines is 2. The van der Waals surface area contributed by atoms with Crippen molar-refractivity contribution in [2.75, 3.05) is 29.6 Å². The molecule has 0 heterocycles. The Morgan fingerprint density at radius 2 is 1.96 bits per heavy atom. The Morgan fingerprint density at radius 1 is 1.25 bits per heavy atom. The third kappa shape index (κ3) is 5.30. The molecule has 0 aliphatic heterocycles. The van der Waals surface area contributed by atoms with Crippen molar-refractivity contribution in [3.63, 3.8) is 0 Å². The lowest BCUT2D eigenvalue weighted by Gasteiger charge is -2.28. The predicted octanol–water partition coefficient (Wildman–Crippen LogP) is 3.54. The Bertz CT molecular complexity index is 949. The van der Waals surface area contributed by atoms with E-state index in [1.807, 2.05) is 6.92 Å². The second-order valence-electron chi connectivity index (χ2n) is 6.00. The van der Waals surface area contributed by atoms with E-state index < -0.39 is 22.0 Å². The molecule has 0 saturated heterocycles. The Balaban J connectivity index is 2.30. The van der Waals surface area contributed by atoms with Crippen LogP contribution in [0.3, 0.4) is 0 Å². The van der Waals surface area contributed by atoms with Crippen molar-refractivity contribution < 1.29 is 22.7 Å². The average molecular weight is 427 g/mol. The lowest BCUT2D eigenvalue weighted by atomic mass is 10.2. The van der Waals surface area contributed by atoms with Gasteiger partial charge in [-0.2, -0.15) is 0 Å². The minimum Gasteiger partial charge on any atom is -0.495 e. The topological polar surface area (TPSA) is 84.9 Å². The summed E-state index contributed by atoms with van der Waals surface area (Å²) in [6, 6.07) is 10.4. The number of rotatable bonds is 8. The predicted molar refractivity (Wildman–Crippen MR) is 111 cm³/mol. The van der Waals surface area contributed by atoms with Crippen LogP contribution in [0.5, 0.6) is 11.5 Å². The van der Waals surface area contributed by atoms with E-state index in [1.165, 1.54) is 26.2 Å². The molecule has 0 radical (unpaired) electrons. The second-order valence-corrected chi connectivity index (χ2v) is 8.27. The van der Waals surface area contributed by atoms with Gasteiger partial charge in [-0.05, 0) is 44.2 Å². The molecule has 1 N–H and O–H groups in total. The van der Waals surface area contributed by atoms with Crippen molar-refractivity contribution >= 4 is 38.9 Å². The van der Waals surface area contributed by atoms with Gasteiger partial charge in [-0.1, -0.05) is 17.7 Å². The number of ether oxygens (including phenoxy) is 2. The first-order valence-electron chi connectivity index (χ1n) is 8.54. The molecule has 2 aromatic carbocycles. The summed E-state index contributed by atoms with van der Waals surface area (Å²) in [6.45, 7) is 3.85. The van der Waals surface area contributed by atoms with E-state index in [9.17, 15) is 13.2 Å². The van der Waals surface area contributed by atoms with E-state index in [-0.39, 0.29) is 10.7 Å². The molecule has 0 saturated carbocycles. The summed E-state index contributed by atoms with van der Waals surface area (Å²) in [5.41, 5.74) is 0.767. The minimum atomic E-state index is -3.76. The van der Waals surface area contributed by atoms with Crippen LogP contribution in [0.2, 0.25) is 5.02 Å². The Kier molecular flexibility index (Phi) is 7.15. The lowest BCUT2D eigenvalue weighted by Crippen LogP contribution is -2.45. The van der Waals surface area contributed by atoms with Crippen LogP contribution in [0.1, 0.15) is 13.8 Å². The number of methoxy groups -OCH3 is 1. The summed E-state index contributed by atoms with van der Waals surface area (Å²) >= 11 is 6.12. The van der Waals surface area contributed by atoms with Crippen LogP contribution in [0.25, 0.3) is 0 Å². The molecule has 0 spiro atoms. The number of hydrogen-bond acceptors (Lipinski definition) is 5. The van der Waals surface area contributed by atoms with Gasteiger partial charge in [-0.25, -0.2) is 8.42 Å². The number of amides is 1. The molecule has 0 aromatic heterocycles. The lowest BCUT2D eigenvalue weighted by molar-refractivity contribution is -0.116. The highest BCUT2D eigenvalue weighted by atomic mass is 35.5. The van der Waals surface area contributed by atoms with Gasteiger partial charge in [0.2, 0.25) is 15.9 Å². The Labute approximate surface area is 170 Å². The third-order valence-corrected chi connectivity index (χ3v) is 5.43. The molecule has 0 bridgehead atoms. The highest BCUT2D eigenvalue weighted by Crippen LogP contribution is 2.31. The molecule has 2 aromatic rings. The average Bonchev–Trinajstić information content (AvgIpc) is 2.61. The molecule has 0 aliphatic rings. The molecular weight excluding hydrogens is 404 g/mol. The van der Waals surface area contributed by atoms with Crippen molar-refractivity contribution in [3.05, 3.63) is 47.5 Å². The van der Waals surface area contributed by atoms with Crippen LogP contribution in [0.15, 0.2) is 42.5 Å². The number of carbonyl (C=O) groups excluding carboxylic acids is 1. The van der Waals surface area contributed by atoms with Crippen LogP contribution in [-0.2, 0) is 14.8 Å². The van der Waals surface area contributed by atoms with Crippen LogP contribution >= 0.6 is 11.6 Å². The summed E-state index contributed by atoms with van der Waals surface area (Å²) in [5, 5.41) is 2.96. The largest absolute Gasteiger partial charge is 0.495 e. The van der Waals surface area contributed by atoms with E-state index in [0.717, 1.165) is 10.6 Å². The standard InChI is InChI=1S/C19H23ClN2O5S/c1-5-27-16-8-6-7-14(11-16)21-19(23)13(2)22(28(4,24)25)15-9-10-18(26-3)17(20)12-15/h6-13H,5H2,1-4H3,(H,21,23)/t13-/m0/s1. The number of benzene rings is 2. The van der Waals surface area contributed by atoms with Crippen molar-refractivity contribution in [1.29, 1.82) is 0 Å². The number of sulfonamides is 1. The summed E-state index contributed by atoms with van der Waals surface area (Å²) in [7, 11) is -2.30. The van der Waals surface area contributed by atoms with Crippen molar-refractivity contribution in [3.8, 4) is 11.5 Å². The summed E-state index contributed by atoms with van der Waals surface area (Å²) in [5.74, 6) is 0.518. The first-order valence-corrected chi connectivity index (χ1v) is 10.8. The zero-order valence-corrected chi connectivity index (χ0v) is 17.7. The molecule has 1 amide bonds. The van der Waals surface area contributed by atoms with Crippen molar-refractivity contribution in [2.45, 2.75) is 19.9 Å². The number of nitrogens with zero attached hydrogens (tertiary/aromatic N) is 1. The number of hydrogen-bond donors (Lipinski definition) is 1. The molecule has 152 valence electrons. The highest BCUT2D eigenvalue weighted by molar-refractivity contribution is 7.92. The number of carbonyl (C=O) groups is 1. The zero-order chi connectivity index (χ0) is 20.9. The highest BCUT2D eigenvalue weighted by Gasteiger charge is 2.29. The number of nitrogens with one attached hydrogen (secondary N) is 1. The summed E-state index contributed by atoms with van der Waals surface area (Å²) in [4.78, 5) is 12.7. The maximum atomic E-state index is 12.7. The van der Waals surface area contributed by atoms with Gasteiger partial charge >= 0.3 is 0 Å². The molecule has 9 heteroatoms. The minimum absolute atomic E-state index is 0.241. The molecule has 0 aliphatic carbocycles. The fourth-order valence-electron chi connectivity index (χ4n) is 2.68. The van der Waals surface area contributed by atoms with Crippen molar-refractivity contribution in [2.24, 2.45) is 0 Å². The zero-order valence-electron chi connectivity index (χ0n) is 16.1. The van der Waals surface area contributed by atoms with Gasteiger partial charge < -0.3 is 14.8 Å². The smallest absolute Gasteiger partial charge is 0.247 e. The third-order valence-electron chi connectivity index (χ3n) is 3.89. The van der Waals surface area contributed by atoms with Gasteiger partial charge in [0.1, 0.15) is 17.5 Å². The van der Waals surface area contributed by atoms with Gasteiger partial charge in [-0.3, -0.25) is 9.10 Å². The van der Waals surface area contributed by atoms with Crippen molar-refractivity contribution in [1.82, 2.24) is 0 Å². The molecule has 0 unspecified atom stereocenters. The van der Waals surface area contributed by atoms with Gasteiger partial charge in [0.25, 0.3) is 0 Å². The summed E-state index contributed by atoms with van der Waals surface area (Å²) < 4.78 is 36.3. The van der Waals surface area contributed by atoms with E-state index in [4.69, 9.17) is 21.1 Å². The summed E-state index contributed by atoms with van der Waals surface area (Å²) in [6.07, 6.45) is 1.03. The van der Waals surface area contributed by atoms with E-state index >= 15 is 0 Å². The van der Waals surface area contributed by atoms with Gasteiger partial charge in [-0.15, -0.1) is 0 Å². The van der Waals surface area contributed by atoms with E-state index in [1.54, 1.807) is 30.3 Å². The molecule has 28 heavy (non-hydrogen) atoms. The van der Waals surface area contributed by atoms with Gasteiger partial charge in [0.15, 0.2) is 0 Å². The maximum absolute atomic E-state index is 12.7. The van der Waals surface area contributed by atoms with Crippen LogP contribution in [0.4, 0.5) is 11.4 Å². The fourth-order valence-corrected chi connectivity index (χ4v) is 4.10. The maximum Gasteiger partial charge on any atom is 0.247 e. The van der Waals surface area contributed by atoms with Gasteiger partial charge in [0.05, 0.1) is 30.7 Å². The molecule has 0 fully saturated rings. The fraction of sp³-hybridized carbons (Fsp3) is 0.316. The van der Waals surface area contributed by atoms with Crippen LogP contribution in [-0.4, -0.2) is 40.3 Å². The quantitative estimate of drug-likeness (QED) is 0.697. The van der Waals surface area contributed by atoms with E-state index in [2.05, 4.69) is 5.32 Å². The first-order chi connectivity index (χ1) is 13.2. The second kappa shape index (κ2) is 9.16. The first kappa shape index (κ1) is 21.8. The normalized spacial score (nSPS) is 12.2. The Hall–Kier alpha value is -2.45. The Morgan fingerprint density at radius 3 is 2.54 bits per heavy atom. The van der Waals surface area contributed by atoms with Gasteiger partial charge in [0, 0.05) is 11.8 Å². The molecule has 2 rings (SSSR count). The van der Waals surface area contributed by atoms with Crippen LogP contribution in [0, 0.1) is 0 Å². The van der Waals surface area contributed by atoms with Crippen LogP contribution < -0.4 is 19.1 Å². The molecular formula is C19H23ClN2O5S. The molecule has 1 atom stereocenters.